The molecule has 0 saturated heterocycles. The molecule has 0 heterocycles. The molecule has 0 aliphatic heterocycles. The van der Waals surface area contributed by atoms with Crippen LogP contribution in [0.3, 0.4) is 0 Å². The number of nitrogens with one attached hydrogen (secondary N) is 1. The molecule has 0 aliphatic rings. The zero-order valence-electron chi connectivity index (χ0n) is 12.7. The van der Waals surface area contributed by atoms with Crippen molar-refractivity contribution in [3.05, 3.63) is 69.7 Å². The number of para-hydroxylation sites is 1. The van der Waals surface area contributed by atoms with Crippen molar-refractivity contribution in [2.75, 3.05) is 12.4 Å². The number of hydrogen-bond acceptors (Lipinski definition) is 4. The highest BCUT2D eigenvalue weighted by Gasteiger charge is 2.11. The van der Waals surface area contributed by atoms with E-state index in [2.05, 4.69) is 26.0 Å². The Kier molecular flexibility index (Phi) is 5.88. The van der Waals surface area contributed by atoms with Crippen LogP contribution in [0.5, 0.6) is 0 Å². The van der Waals surface area contributed by atoms with Crippen molar-refractivity contribution in [1.82, 2.24) is 0 Å². The number of ether oxygens (including phenoxy) is 1. The number of carbonyl (C=O) groups excluding carboxylic acids is 2. The molecule has 0 atom stereocenters. The lowest BCUT2D eigenvalue weighted by Gasteiger charge is -2.06. The molecule has 120 valence electrons. The second-order valence-corrected chi connectivity index (χ2v) is 5.57. The minimum absolute atomic E-state index is 0.0448. The van der Waals surface area contributed by atoms with Gasteiger partial charge in [0.05, 0.1) is 18.4 Å². The highest BCUT2D eigenvalue weighted by Crippen LogP contribution is 2.22. The number of rotatable bonds is 4. The van der Waals surface area contributed by atoms with E-state index in [0.29, 0.717) is 16.8 Å². The van der Waals surface area contributed by atoms with Gasteiger partial charge in [0.15, 0.2) is 0 Å². The van der Waals surface area contributed by atoms with Crippen LogP contribution in [0, 0.1) is 11.3 Å². The summed E-state index contributed by atoms with van der Waals surface area (Å²) in [4.78, 5) is 23.6. The normalized spacial score (nSPS) is 10.6. The van der Waals surface area contributed by atoms with Crippen LogP contribution in [0.4, 0.5) is 5.69 Å². The van der Waals surface area contributed by atoms with Crippen molar-refractivity contribution < 1.29 is 14.3 Å². The highest BCUT2D eigenvalue weighted by atomic mass is 79.9. The quantitative estimate of drug-likeness (QED) is 0.494. The van der Waals surface area contributed by atoms with Gasteiger partial charge in [-0.2, -0.15) is 5.26 Å². The van der Waals surface area contributed by atoms with Gasteiger partial charge in [-0.25, -0.2) is 4.79 Å². The maximum atomic E-state index is 12.2. The first-order valence-electron chi connectivity index (χ1n) is 6.91. The first kappa shape index (κ1) is 17.4. The van der Waals surface area contributed by atoms with Crippen molar-refractivity contribution in [3.63, 3.8) is 0 Å². The van der Waals surface area contributed by atoms with Crippen molar-refractivity contribution in [3.8, 4) is 6.07 Å². The van der Waals surface area contributed by atoms with Crippen LogP contribution in [0.2, 0.25) is 0 Å². The van der Waals surface area contributed by atoms with Crippen LogP contribution in [-0.4, -0.2) is 19.0 Å². The van der Waals surface area contributed by atoms with Crippen molar-refractivity contribution in [2.24, 2.45) is 0 Å². The molecule has 1 amide bonds. The van der Waals surface area contributed by atoms with E-state index in [9.17, 15) is 14.9 Å². The molecule has 6 heteroatoms. The van der Waals surface area contributed by atoms with E-state index in [1.165, 1.54) is 13.2 Å². The first-order chi connectivity index (χ1) is 11.5. The Morgan fingerprint density at radius 3 is 2.42 bits per heavy atom. The number of hydrogen-bond donors (Lipinski definition) is 1. The van der Waals surface area contributed by atoms with Crippen LogP contribution in [0.25, 0.3) is 6.08 Å². The third-order valence-corrected chi connectivity index (χ3v) is 3.82. The molecule has 2 aromatic carbocycles. The molecule has 0 radical (unpaired) electrons. The molecule has 0 aliphatic carbocycles. The summed E-state index contributed by atoms with van der Waals surface area (Å²) in [6.45, 7) is 0. The molecule has 0 bridgehead atoms. The van der Waals surface area contributed by atoms with Crippen LogP contribution in [-0.2, 0) is 9.53 Å². The molecule has 5 nitrogen and oxygen atoms in total. The Morgan fingerprint density at radius 1 is 1.17 bits per heavy atom. The summed E-state index contributed by atoms with van der Waals surface area (Å²) in [7, 11) is 1.30. The molecule has 2 rings (SSSR count). The van der Waals surface area contributed by atoms with E-state index in [0.717, 1.165) is 4.47 Å². The number of benzene rings is 2. The molecule has 1 N–H and O–H groups in total. The summed E-state index contributed by atoms with van der Waals surface area (Å²) in [5.41, 5.74) is 1.55. The van der Waals surface area contributed by atoms with Gasteiger partial charge < -0.3 is 10.1 Å². The summed E-state index contributed by atoms with van der Waals surface area (Å²) in [5.74, 6) is -0.959. The minimum atomic E-state index is -0.513. The van der Waals surface area contributed by atoms with Gasteiger partial charge >= 0.3 is 5.97 Å². The average molecular weight is 385 g/mol. The van der Waals surface area contributed by atoms with Gasteiger partial charge in [-0.1, -0.05) is 24.3 Å². The predicted octanol–water partition coefficient (Wildman–Crippen LogP) is 3.78. The van der Waals surface area contributed by atoms with Gasteiger partial charge in [0, 0.05) is 4.47 Å². The topological polar surface area (TPSA) is 79.2 Å². The van der Waals surface area contributed by atoms with Crippen LogP contribution in [0.1, 0.15) is 15.9 Å². The number of amides is 1. The smallest absolute Gasteiger partial charge is 0.337 e. The number of esters is 1. The Morgan fingerprint density at radius 2 is 1.83 bits per heavy atom. The fourth-order valence-corrected chi connectivity index (χ4v) is 2.28. The zero-order chi connectivity index (χ0) is 17.5. The maximum absolute atomic E-state index is 12.2. The van der Waals surface area contributed by atoms with Gasteiger partial charge in [-0.15, -0.1) is 0 Å². The second-order valence-electron chi connectivity index (χ2n) is 4.72. The summed E-state index contributed by atoms with van der Waals surface area (Å²) in [5, 5.41) is 11.9. The van der Waals surface area contributed by atoms with E-state index < -0.39 is 11.9 Å². The number of halogens is 1. The number of carbonyl (C=O) groups is 2. The Labute approximate surface area is 147 Å². The lowest BCUT2D eigenvalue weighted by atomic mass is 10.1. The van der Waals surface area contributed by atoms with Crippen molar-refractivity contribution in [2.45, 2.75) is 0 Å². The van der Waals surface area contributed by atoms with E-state index in [1.807, 2.05) is 12.1 Å². The second kappa shape index (κ2) is 8.09. The number of methoxy groups -OCH3 is 1. The SMILES string of the molecule is COC(=O)c1ccc(/C=C(\C#N)C(=O)Nc2ccccc2Br)cc1. The van der Waals surface area contributed by atoms with Gasteiger partial charge in [0.25, 0.3) is 5.91 Å². The van der Waals surface area contributed by atoms with E-state index in [-0.39, 0.29) is 5.57 Å². The van der Waals surface area contributed by atoms with E-state index in [4.69, 9.17) is 0 Å². The van der Waals surface area contributed by atoms with Crippen molar-refractivity contribution in [1.29, 1.82) is 5.26 Å². The van der Waals surface area contributed by atoms with Crippen LogP contribution in [0.15, 0.2) is 58.6 Å². The summed E-state index contributed by atoms with van der Waals surface area (Å²) >= 11 is 3.33. The fourth-order valence-electron chi connectivity index (χ4n) is 1.90. The van der Waals surface area contributed by atoms with Gasteiger partial charge in [0.1, 0.15) is 11.6 Å². The van der Waals surface area contributed by atoms with Gasteiger partial charge in [0.2, 0.25) is 0 Å². The number of nitrogens with zero attached hydrogens (tertiary/aromatic N) is 1. The average Bonchev–Trinajstić information content (AvgIpc) is 2.61. The van der Waals surface area contributed by atoms with E-state index >= 15 is 0 Å². The standard InChI is InChI=1S/C18H13BrN2O3/c1-24-18(23)13-8-6-12(7-9-13)10-14(11-20)17(22)21-16-5-3-2-4-15(16)19/h2-10H,1H3,(H,21,22)/b14-10+. The third-order valence-electron chi connectivity index (χ3n) is 3.13. The molecule has 0 aromatic heterocycles. The van der Waals surface area contributed by atoms with Crippen molar-refractivity contribution >= 4 is 39.6 Å². The molecule has 0 unspecified atom stereocenters. The first-order valence-corrected chi connectivity index (χ1v) is 7.70. The molecular formula is C18H13BrN2O3. The zero-order valence-corrected chi connectivity index (χ0v) is 14.3. The molecular weight excluding hydrogens is 372 g/mol. The molecule has 0 spiro atoms. The third kappa shape index (κ3) is 4.31. The number of anilines is 1. The Hall–Kier alpha value is -2.91. The predicted molar refractivity (Wildman–Crippen MR) is 94.1 cm³/mol. The summed E-state index contributed by atoms with van der Waals surface area (Å²) in [6.07, 6.45) is 1.45. The lowest BCUT2D eigenvalue weighted by molar-refractivity contribution is -0.112. The highest BCUT2D eigenvalue weighted by molar-refractivity contribution is 9.10. The largest absolute Gasteiger partial charge is 0.465 e. The summed E-state index contributed by atoms with van der Waals surface area (Å²) < 4.78 is 5.34. The van der Waals surface area contributed by atoms with Crippen LogP contribution >= 0.6 is 15.9 Å². The van der Waals surface area contributed by atoms with Crippen LogP contribution < -0.4 is 5.32 Å². The fraction of sp³-hybridized carbons (Fsp3) is 0.0556. The molecule has 24 heavy (non-hydrogen) atoms. The summed E-state index contributed by atoms with van der Waals surface area (Å²) in [6, 6.07) is 15.4. The number of nitriles is 1. The monoisotopic (exact) mass is 384 g/mol. The van der Waals surface area contributed by atoms with Gasteiger partial charge in [-0.3, -0.25) is 4.79 Å². The minimum Gasteiger partial charge on any atom is -0.465 e. The Balaban J connectivity index is 2.20. The molecule has 0 saturated carbocycles. The molecule has 2 aromatic rings. The van der Waals surface area contributed by atoms with E-state index in [1.54, 1.807) is 42.5 Å². The lowest BCUT2D eigenvalue weighted by Crippen LogP contribution is -2.13. The maximum Gasteiger partial charge on any atom is 0.337 e. The Bertz CT molecular complexity index is 836. The van der Waals surface area contributed by atoms with Gasteiger partial charge in [-0.05, 0) is 51.8 Å². The molecule has 0 fully saturated rings.